The molecular weight excluding hydrogens is 231 g/mol. The Morgan fingerprint density at radius 2 is 2.28 bits per heavy atom. The Morgan fingerprint density at radius 1 is 1.39 bits per heavy atom. The van der Waals surface area contributed by atoms with E-state index in [-0.39, 0.29) is 11.5 Å². The van der Waals surface area contributed by atoms with Crippen molar-refractivity contribution in [2.75, 3.05) is 18.9 Å². The van der Waals surface area contributed by atoms with Gasteiger partial charge in [0.25, 0.3) is 0 Å². The summed E-state index contributed by atoms with van der Waals surface area (Å²) < 4.78 is 19.7. The van der Waals surface area contributed by atoms with Crippen LogP contribution in [0.3, 0.4) is 0 Å². The molecule has 2 unspecified atom stereocenters. The Hall–Kier alpha value is -1.13. The number of hydrogen-bond donors (Lipinski definition) is 1. The Morgan fingerprint density at radius 3 is 3.17 bits per heavy atom. The number of fused-ring (bicyclic) bond motifs is 1. The van der Waals surface area contributed by atoms with Crippen LogP contribution in [0.15, 0.2) is 18.2 Å². The van der Waals surface area contributed by atoms with Gasteiger partial charge in [-0.15, -0.1) is 0 Å². The molecule has 0 aromatic heterocycles. The quantitative estimate of drug-likeness (QED) is 0.817. The van der Waals surface area contributed by atoms with E-state index >= 15 is 0 Å². The van der Waals surface area contributed by atoms with Crippen molar-refractivity contribution < 1.29 is 9.13 Å². The maximum Gasteiger partial charge on any atom is 0.150 e. The average molecular weight is 250 g/mol. The highest BCUT2D eigenvalue weighted by atomic mass is 19.1. The summed E-state index contributed by atoms with van der Waals surface area (Å²) in [5.74, 6) is -0.265. The second-order valence-electron chi connectivity index (χ2n) is 5.20. The molecule has 1 heterocycles. The molecule has 1 aliphatic heterocycles. The number of ether oxygens (including phenoxy) is 1. The molecule has 0 amide bonds. The molecule has 1 saturated heterocycles. The van der Waals surface area contributed by atoms with Crippen molar-refractivity contribution >= 4 is 5.69 Å². The van der Waals surface area contributed by atoms with Crippen LogP contribution in [0, 0.1) is 5.82 Å². The first-order valence-corrected chi connectivity index (χ1v) is 6.64. The largest absolute Gasteiger partial charge is 0.396 e. The molecule has 1 aliphatic carbocycles. The van der Waals surface area contributed by atoms with Gasteiger partial charge >= 0.3 is 0 Å². The van der Waals surface area contributed by atoms with Gasteiger partial charge in [-0.1, -0.05) is 12.1 Å². The predicted octanol–water partition coefficient (Wildman–Crippen LogP) is 2.16. The number of halogens is 1. The van der Waals surface area contributed by atoms with Crippen LogP contribution in [-0.4, -0.2) is 30.2 Å². The number of nitrogens with zero attached hydrogens (tertiary/aromatic N) is 1. The van der Waals surface area contributed by atoms with E-state index in [0.717, 1.165) is 26.0 Å². The first-order chi connectivity index (χ1) is 8.75. The molecule has 2 aliphatic rings. The molecule has 1 aromatic carbocycles. The summed E-state index contributed by atoms with van der Waals surface area (Å²) in [4.78, 5) is 2.35. The van der Waals surface area contributed by atoms with Crippen LogP contribution < -0.4 is 5.73 Å². The van der Waals surface area contributed by atoms with Gasteiger partial charge in [-0.3, -0.25) is 4.90 Å². The maximum absolute atomic E-state index is 13.9. The van der Waals surface area contributed by atoms with E-state index in [9.17, 15) is 4.39 Å². The van der Waals surface area contributed by atoms with Crippen molar-refractivity contribution in [3.63, 3.8) is 0 Å². The smallest absolute Gasteiger partial charge is 0.150 e. The molecule has 0 radical (unpaired) electrons. The number of anilines is 1. The van der Waals surface area contributed by atoms with Gasteiger partial charge < -0.3 is 10.5 Å². The van der Waals surface area contributed by atoms with Gasteiger partial charge in [-0.25, -0.2) is 4.39 Å². The molecule has 2 fully saturated rings. The van der Waals surface area contributed by atoms with Gasteiger partial charge in [-0.2, -0.15) is 0 Å². The normalized spacial score (nSPS) is 28.3. The predicted molar refractivity (Wildman–Crippen MR) is 68.6 cm³/mol. The molecule has 4 heteroatoms. The average Bonchev–Trinajstić information content (AvgIpc) is 2.84. The molecule has 2 atom stereocenters. The minimum absolute atomic E-state index is 0.240. The monoisotopic (exact) mass is 250 g/mol. The lowest BCUT2D eigenvalue weighted by molar-refractivity contribution is -0.0591. The van der Waals surface area contributed by atoms with Crippen LogP contribution in [0.1, 0.15) is 24.8 Å². The van der Waals surface area contributed by atoms with Gasteiger partial charge in [0.05, 0.1) is 18.4 Å². The number of morpholine rings is 1. The Bertz CT molecular complexity index is 438. The highest BCUT2D eigenvalue weighted by Crippen LogP contribution is 2.31. The number of nitrogen functional groups attached to an aromatic ring is 1. The molecule has 1 aromatic rings. The molecule has 0 bridgehead atoms. The first kappa shape index (κ1) is 11.9. The van der Waals surface area contributed by atoms with Crippen molar-refractivity contribution in [3.05, 3.63) is 29.6 Å². The molecule has 98 valence electrons. The molecular formula is C14H19FN2O. The van der Waals surface area contributed by atoms with Crippen molar-refractivity contribution in [1.82, 2.24) is 4.90 Å². The number of hydrogen-bond acceptors (Lipinski definition) is 3. The maximum atomic E-state index is 13.9. The SMILES string of the molecule is Nc1cccc(CN2CCOC3CCCC32)c1F. The minimum atomic E-state index is -0.265. The summed E-state index contributed by atoms with van der Waals surface area (Å²) in [5.41, 5.74) is 6.55. The lowest BCUT2D eigenvalue weighted by Crippen LogP contribution is -2.47. The first-order valence-electron chi connectivity index (χ1n) is 6.64. The summed E-state index contributed by atoms with van der Waals surface area (Å²) in [6, 6.07) is 5.71. The van der Waals surface area contributed by atoms with Crippen molar-refractivity contribution in [3.8, 4) is 0 Å². The third-order valence-electron chi connectivity index (χ3n) is 4.08. The summed E-state index contributed by atoms with van der Waals surface area (Å²) in [6.07, 6.45) is 3.86. The second kappa shape index (κ2) is 4.86. The molecule has 1 saturated carbocycles. The highest BCUT2D eigenvalue weighted by Gasteiger charge is 2.36. The second-order valence-corrected chi connectivity index (χ2v) is 5.20. The standard InChI is InChI=1S/C14H19FN2O/c15-14-10(3-1-4-11(14)16)9-17-7-8-18-13-6-2-5-12(13)17/h1,3-4,12-13H,2,5-9,16H2. The lowest BCUT2D eigenvalue weighted by Gasteiger charge is -2.37. The van der Waals surface area contributed by atoms with Gasteiger partial charge in [0.15, 0.2) is 5.82 Å². The van der Waals surface area contributed by atoms with Crippen molar-refractivity contribution in [2.45, 2.75) is 38.0 Å². The van der Waals surface area contributed by atoms with E-state index in [1.807, 2.05) is 12.1 Å². The summed E-state index contributed by atoms with van der Waals surface area (Å²) >= 11 is 0. The van der Waals surface area contributed by atoms with Gasteiger partial charge in [-0.05, 0) is 25.3 Å². The Kier molecular flexibility index (Phi) is 3.22. The van der Waals surface area contributed by atoms with Gasteiger partial charge in [0, 0.05) is 24.7 Å². The fourth-order valence-electron chi connectivity index (χ4n) is 3.14. The van der Waals surface area contributed by atoms with Crippen LogP contribution in [-0.2, 0) is 11.3 Å². The van der Waals surface area contributed by atoms with E-state index in [4.69, 9.17) is 10.5 Å². The number of nitrogens with two attached hydrogens (primary N) is 1. The zero-order valence-corrected chi connectivity index (χ0v) is 10.4. The van der Waals surface area contributed by atoms with Gasteiger partial charge in [0.1, 0.15) is 0 Å². The highest BCUT2D eigenvalue weighted by molar-refractivity contribution is 5.42. The van der Waals surface area contributed by atoms with Gasteiger partial charge in [0.2, 0.25) is 0 Å². The zero-order chi connectivity index (χ0) is 12.5. The van der Waals surface area contributed by atoms with Crippen LogP contribution in [0.5, 0.6) is 0 Å². The van der Waals surface area contributed by atoms with E-state index in [0.29, 0.717) is 24.3 Å². The molecule has 3 nitrogen and oxygen atoms in total. The van der Waals surface area contributed by atoms with Crippen molar-refractivity contribution in [2.24, 2.45) is 0 Å². The van der Waals surface area contributed by atoms with Crippen LogP contribution in [0.25, 0.3) is 0 Å². The van der Waals surface area contributed by atoms with E-state index < -0.39 is 0 Å². The molecule has 3 rings (SSSR count). The summed E-state index contributed by atoms with van der Waals surface area (Å²) in [5, 5.41) is 0. The van der Waals surface area contributed by atoms with Crippen molar-refractivity contribution in [1.29, 1.82) is 0 Å². The van der Waals surface area contributed by atoms with E-state index in [1.165, 1.54) is 6.42 Å². The van der Waals surface area contributed by atoms with Crippen LogP contribution in [0.4, 0.5) is 10.1 Å². The van der Waals surface area contributed by atoms with Crippen LogP contribution >= 0.6 is 0 Å². The fraction of sp³-hybridized carbons (Fsp3) is 0.571. The Balaban J connectivity index is 1.77. The minimum Gasteiger partial charge on any atom is -0.396 e. The lowest BCUT2D eigenvalue weighted by atomic mass is 10.1. The summed E-state index contributed by atoms with van der Waals surface area (Å²) in [7, 11) is 0. The van der Waals surface area contributed by atoms with Crippen LogP contribution in [0.2, 0.25) is 0 Å². The summed E-state index contributed by atoms with van der Waals surface area (Å²) in [6.45, 7) is 2.28. The molecule has 0 spiro atoms. The number of benzene rings is 1. The van der Waals surface area contributed by atoms with E-state index in [1.54, 1.807) is 6.07 Å². The fourth-order valence-corrected chi connectivity index (χ4v) is 3.14. The number of rotatable bonds is 2. The third-order valence-corrected chi connectivity index (χ3v) is 4.08. The molecule has 2 N–H and O–H groups in total. The van der Waals surface area contributed by atoms with E-state index in [2.05, 4.69) is 4.90 Å². The Labute approximate surface area is 107 Å². The molecule has 18 heavy (non-hydrogen) atoms. The third kappa shape index (κ3) is 2.10. The topological polar surface area (TPSA) is 38.5 Å². The zero-order valence-electron chi connectivity index (χ0n) is 10.4.